The van der Waals surface area contributed by atoms with Crippen molar-refractivity contribution in [3.8, 4) is 5.75 Å². The molecule has 1 aromatic heterocycles. The maximum atomic E-state index is 12.7. The summed E-state index contributed by atoms with van der Waals surface area (Å²) in [6.45, 7) is 7.85. The molecule has 40 heavy (non-hydrogen) atoms. The van der Waals surface area contributed by atoms with Crippen LogP contribution in [0.3, 0.4) is 0 Å². The van der Waals surface area contributed by atoms with E-state index < -0.39 is 0 Å². The van der Waals surface area contributed by atoms with Gasteiger partial charge < -0.3 is 9.64 Å². The molecule has 0 radical (unpaired) electrons. The number of aromatic nitrogens is 1. The largest absolute Gasteiger partial charge is 0.492 e. The van der Waals surface area contributed by atoms with Gasteiger partial charge in [-0.25, -0.2) is 0 Å². The number of benzene rings is 2. The molecule has 0 bridgehead atoms. The summed E-state index contributed by atoms with van der Waals surface area (Å²) in [7, 11) is 0. The van der Waals surface area contributed by atoms with Gasteiger partial charge in [-0.15, -0.1) is 0 Å². The minimum Gasteiger partial charge on any atom is -0.492 e. The van der Waals surface area contributed by atoms with Crippen LogP contribution in [0.15, 0.2) is 54.2 Å². The predicted molar refractivity (Wildman–Crippen MR) is 170 cm³/mol. The van der Waals surface area contributed by atoms with Gasteiger partial charge in [0.05, 0.1) is 28.7 Å². The minimum absolute atomic E-state index is 0.00220. The van der Waals surface area contributed by atoms with E-state index >= 15 is 0 Å². The molecular formula is C34H48ClN2O2S+. The van der Waals surface area contributed by atoms with Gasteiger partial charge in [0.25, 0.3) is 0 Å². The lowest BCUT2D eigenvalue weighted by Gasteiger charge is -2.23. The molecule has 2 aromatic carbocycles. The Balaban J connectivity index is 1.43. The van der Waals surface area contributed by atoms with Gasteiger partial charge in [-0.2, -0.15) is 4.57 Å². The van der Waals surface area contributed by atoms with Crippen molar-refractivity contribution in [3.05, 3.63) is 75.2 Å². The van der Waals surface area contributed by atoms with E-state index in [1.807, 2.05) is 41.3 Å². The topological polar surface area (TPSA) is 33.4 Å². The number of nitrogens with zero attached hydrogens (tertiary/aromatic N) is 2. The van der Waals surface area contributed by atoms with Crippen LogP contribution in [0.4, 0.5) is 5.69 Å². The van der Waals surface area contributed by atoms with E-state index in [4.69, 9.17) is 16.3 Å². The highest BCUT2D eigenvalue weighted by Gasteiger charge is 2.19. The second-order valence-corrected chi connectivity index (χ2v) is 12.4. The number of rotatable bonds is 19. The second-order valence-electron chi connectivity index (χ2n) is 10.9. The van der Waals surface area contributed by atoms with Gasteiger partial charge in [0.1, 0.15) is 5.75 Å². The molecule has 1 amide bonds. The molecule has 1 heterocycles. The van der Waals surface area contributed by atoms with Crippen molar-refractivity contribution in [2.75, 3.05) is 11.5 Å². The second kappa shape index (κ2) is 18.1. The highest BCUT2D eigenvalue weighted by atomic mass is 35.5. The van der Waals surface area contributed by atoms with Crippen LogP contribution in [0.1, 0.15) is 107 Å². The standard InChI is InChI=1S/C34H48ClN2O2S/c1-4-5-6-7-8-9-10-11-12-13-14-17-22-39-34-21-20-30(23-32(34)35)25-37(29(3)38)33-19-16-15-18-31(33)26-36-24-28(2)40-27-36/h15-16,18-21,23-24,27H,4-14,17,22,25-26H2,1-3H3/q+1. The molecule has 0 saturated carbocycles. The molecule has 0 spiro atoms. The van der Waals surface area contributed by atoms with Crippen LogP contribution < -0.4 is 14.2 Å². The van der Waals surface area contributed by atoms with Gasteiger partial charge in [0, 0.05) is 12.5 Å². The molecule has 6 heteroatoms. The summed E-state index contributed by atoms with van der Waals surface area (Å²) in [5.74, 6) is 0.717. The Morgan fingerprint density at radius 1 is 0.925 bits per heavy atom. The van der Waals surface area contributed by atoms with Gasteiger partial charge >= 0.3 is 0 Å². The van der Waals surface area contributed by atoms with E-state index in [0.717, 1.165) is 29.8 Å². The SMILES string of the molecule is CCCCCCCCCCCCCCOc1ccc(CN(C(C)=O)c2ccccc2C[n+]2csc(C)c2)cc1Cl. The number of unbranched alkanes of at least 4 members (excludes halogenated alkanes) is 11. The van der Waals surface area contributed by atoms with Crippen molar-refractivity contribution in [2.45, 2.75) is 111 Å². The van der Waals surface area contributed by atoms with E-state index in [0.29, 0.717) is 23.9 Å². The Kier molecular flexibility index (Phi) is 14.6. The van der Waals surface area contributed by atoms with Crippen molar-refractivity contribution < 1.29 is 14.1 Å². The fourth-order valence-electron chi connectivity index (χ4n) is 5.07. The normalized spacial score (nSPS) is 11.1. The summed E-state index contributed by atoms with van der Waals surface area (Å²) in [5, 5.41) is 0.595. The Hall–Kier alpha value is -2.37. The maximum Gasteiger partial charge on any atom is 0.225 e. The Morgan fingerprint density at radius 2 is 1.57 bits per heavy atom. The van der Waals surface area contributed by atoms with Crippen LogP contribution in [0, 0.1) is 6.92 Å². The molecule has 3 aromatic rings. The predicted octanol–water partition coefficient (Wildman–Crippen LogP) is 9.68. The third-order valence-electron chi connectivity index (χ3n) is 7.33. The molecule has 0 saturated heterocycles. The van der Waals surface area contributed by atoms with Crippen LogP contribution in [-0.4, -0.2) is 12.5 Å². The van der Waals surface area contributed by atoms with Crippen molar-refractivity contribution in [1.82, 2.24) is 0 Å². The van der Waals surface area contributed by atoms with Crippen LogP contribution >= 0.6 is 22.9 Å². The number of hydrogen-bond acceptors (Lipinski definition) is 3. The number of anilines is 1. The van der Waals surface area contributed by atoms with Crippen molar-refractivity contribution in [1.29, 1.82) is 0 Å². The van der Waals surface area contributed by atoms with E-state index in [1.165, 1.54) is 75.5 Å². The van der Waals surface area contributed by atoms with Crippen LogP contribution in [0.25, 0.3) is 0 Å². The zero-order chi connectivity index (χ0) is 28.6. The number of amides is 1. The molecule has 0 aliphatic carbocycles. The average molecular weight is 584 g/mol. The van der Waals surface area contributed by atoms with E-state index in [-0.39, 0.29) is 5.91 Å². The van der Waals surface area contributed by atoms with E-state index in [1.54, 1.807) is 18.3 Å². The Bertz CT molecular complexity index is 1160. The number of ether oxygens (including phenoxy) is 1. The number of para-hydroxylation sites is 1. The number of carbonyl (C=O) groups excluding carboxylic acids is 1. The van der Waals surface area contributed by atoms with Crippen molar-refractivity contribution >= 4 is 34.5 Å². The van der Waals surface area contributed by atoms with Crippen LogP contribution in [0.5, 0.6) is 5.75 Å². The molecule has 0 fully saturated rings. The third kappa shape index (κ3) is 11.2. The highest BCUT2D eigenvalue weighted by molar-refractivity contribution is 7.09. The summed E-state index contributed by atoms with van der Waals surface area (Å²) in [4.78, 5) is 15.8. The van der Waals surface area contributed by atoms with Gasteiger partial charge in [0.2, 0.25) is 11.4 Å². The molecule has 0 N–H and O–H groups in total. The summed E-state index contributed by atoms with van der Waals surface area (Å²) in [6.07, 6.45) is 18.0. The summed E-state index contributed by atoms with van der Waals surface area (Å²) in [6, 6.07) is 14.0. The maximum absolute atomic E-state index is 12.7. The Morgan fingerprint density at radius 3 is 2.17 bits per heavy atom. The number of thiazole rings is 1. The summed E-state index contributed by atoms with van der Waals surface area (Å²) in [5.41, 5.74) is 5.12. The van der Waals surface area contributed by atoms with E-state index in [2.05, 4.69) is 36.2 Å². The molecule has 3 rings (SSSR count). The molecule has 0 aliphatic heterocycles. The van der Waals surface area contributed by atoms with Crippen LogP contribution in [-0.2, 0) is 17.9 Å². The third-order valence-corrected chi connectivity index (χ3v) is 8.48. The fraction of sp³-hybridized carbons (Fsp3) is 0.529. The first-order valence-corrected chi connectivity index (χ1v) is 16.4. The molecule has 0 atom stereocenters. The number of halogens is 1. The first-order chi connectivity index (χ1) is 19.5. The van der Waals surface area contributed by atoms with Gasteiger partial charge in [-0.05, 0) is 37.1 Å². The lowest BCUT2D eigenvalue weighted by molar-refractivity contribution is -0.683. The van der Waals surface area contributed by atoms with Crippen LogP contribution in [0.2, 0.25) is 5.02 Å². The Labute approximate surface area is 251 Å². The number of carbonyl (C=O) groups is 1. The molecule has 0 unspecified atom stereocenters. The highest BCUT2D eigenvalue weighted by Crippen LogP contribution is 2.29. The molecule has 0 aliphatic rings. The number of hydrogen-bond donors (Lipinski definition) is 0. The zero-order valence-corrected chi connectivity index (χ0v) is 26.4. The number of aryl methyl sites for hydroxylation is 1. The summed E-state index contributed by atoms with van der Waals surface area (Å²) >= 11 is 8.32. The average Bonchev–Trinajstić information content (AvgIpc) is 3.35. The zero-order valence-electron chi connectivity index (χ0n) is 24.8. The molecule has 4 nitrogen and oxygen atoms in total. The first-order valence-electron chi connectivity index (χ1n) is 15.2. The first kappa shape index (κ1) is 32.1. The molecular weight excluding hydrogens is 536 g/mol. The smallest absolute Gasteiger partial charge is 0.225 e. The lowest BCUT2D eigenvalue weighted by atomic mass is 10.1. The van der Waals surface area contributed by atoms with Gasteiger partial charge in [0.15, 0.2) is 12.7 Å². The van der Waals surface area contributed by atoms with Gasteiger partial charge in [-0.1, -0.05) is 125 Å². The van der Waals surface area contributed by atoms with E-state index in [9.17, 15) is 4.79 Å². The van der Waals surface area contributed by atoms with Crippen molar-refractivity contribution in [2.24, 2.45) is 0 Å². The quantitative estimate of drug-likeness (QED) is 0.104. The van der Waals surface area contributed by atoms with Crippen molar-refractivity contribution in [3.63, 3.8) is 0 Å². The van der Waals surface area contributed by atoms with Gasteiger partial charge in [-0.3, -0.25) is 4.79 Å². The molecule has 218 valence electrons. The monoisotopic (exact) mass is 583 g/mol. The summed E-state index contributed by atoms with van der Waals surface area (Å²) < 4.78 is 8.16. The lowest BCUT2D eigenvalue weighted by Crippen LogP contribution is -2.34. The minimum atomic E-state index is 0.00220. The fourth-order valence-corrected chi connectivity index (χ4v) is 5.96.